The minimum Gasteiger partial charge on any atom is -0.0961 e. The summed E-state index contributed by atoms with van der Waals surface area (Å²) in [4.78, 5) is 0. The van der Waals surface area contributed by atoms with E-state index in [1.54, 1.807) is 0 Å². The molecule has 0 fully saturated rings. The van der Waals surface area contributed by atoms with Gasteiger partial charge in [-0.1, -0.05) is 108 Å². The molecule has 0 aliphatic carbocycles. The smallest absolute Gasteiger partial charge is 0.0132 e. The largest absolute Gasteiger partial charge is 0.0961 e. The standard InChI is InChI=1S/C28H36/c1-10-12-21(15-20(2)3)22-13-11-14-23(16-22)24-17-25(27(4,5)6)19-26(18-24)28(7,8)9/h10-19H,2H2,1,3-9H3/b12-10+,21-15+. The van der Waals surface area contributed by atoms with E-state index in [1.807, 2.05) is 6.92 Å². The molecule has 0 aliphatic heterocycles. The Bertz CT molecular complexity index is 874. The number of hydrogen-bond donors (Lipinski definition) is 0. The first-order valence-corrected chi connectivity index (χ1v) is 10.2. The summed E-state index contributed by atoms with van der Waals surface area (Å²) in [6, 6.07) is 15.9. The highest BCUT2D eigenvalue weighted by Gasteiger charge is 2.21. The summed E-state index contributed by atoms with van der Waals surface area (Å²) in [7, 11) is 0. The lowest BCUT2D eigenvalue weighted by molar-refractivity contribution is 0.569. The maximum Gasteiger partial charge on any atom is -0.0132 e. The SMILES string of the molecule is C=C(C)/C=C(\C=C\C)c1cccc(-c2cc(C(C)(C)C)cc(C(C)(C)C)c2)c1. The van der Waals surface area contributed by atoms with Gasteiger partial charge in [0, 0.05) is 0 Å². The average molecular weight is 373 g/mol. The van der Waals surface area contributed by atoms with E-state index in [2.05, 4.69) is 116 Å². The second-order valence-electron chi connectivity index (χ2n) is 9.83. The lowest BCUT2D eigenvalue weighted by Gasteiger charge is -2.26. The number of hydrogen-bond acceptors (Lipinski definition) is 0. The summed E-state index contributed by atoms with van der Waals surface area (Å²) in [6.45, 7) is 21.9. The highest BCUT2D eigenvalue weighted by molar-refractivity contribution is 5.79. The molecule has 0 radical (unpaired) electrons. The normalized spacial score (nSPS) is 13.2. The minimum atomic E-state index is 0.115. The Hall–Kier alpha value is -2.34. The van der Waals surface area contributed by atoms with Gasteiger partial charge in [0.25, 0.3) is 0 Å². The van der Waals surface area contributed by atoms with Gasteiger partial charge in [-0.3, -0.25) is 0 Å². The van der Waals surface area contributed by atoms with Gasteiger partial charge >= 0.3 is 0 Å². The second-order valence-corrected chi connectivity index (χ2v) is 9.83. The van der Waals surface area contributed by atoms with Crippen LogP contribution in [0.5, 0.6) is 0 Å². The summed E-state index contributed by atoms with van der Waals surface area (Å²) in [5, 5.41) is 0. The Morgan fingerprint density at radius 1 is 0.821 bits per heavy atom. The molecular formula is C28H36. The van der Waals surface area contributed by atoms with Crippen LogP contribution in [0.4, 0.5) is 0 Å². The summed E-state index contributed by atoms with van der Waals surface area (Å²) in [5.41, 5.74) is 9.01. The van der Waals surface area contributed by atoms with Gasteiger partial charge in [-0.15, -0.1) is 0 Å². The van der Waals surface area contributed by atoms with E-state index in [-0.39, 0.29) is 10.8 Å². The lowest BCUT2D eigenvalue weighted by atomic mass is 9.79. The molecule has 148 valence electrons. The van der Waals surface area contributed by atoms with Crippen LogP contribution >= 0.6 is 0 Å². The van der Waals surface area contributed by atoms with Crippen molar-refractivity contribution in [2.45, 2.75) is 66.2 Å². The van der Waals surface area contributed by atoms with Crippen molar-refractivity contribution < 1.29 is 0 Å². The molecule has 2 aromatic carbocycles. The molecule has 0 N–H and O–H groups in total. The van der Waals surface area contributed by atoms with Crippen molar-refractivity contribution >= 4 is 5.57 Å². The van der Waals surface area contributed by atoms with Crippen molar-refractivity contribution in [3.8, 4) is 11.1 Å². The fourth-order valence-corrected chi connectivity index (χ4v) is 3.21. The van der Waals surface area contributed by atoms with Gasteiger partial charge in [-0.2, -0.15) is 0 Å². The summed E-state index contributed by atoms with van der Waals surface area (Å²) in [6.07, 6.45) is 6.38. The topological polar surface area (TPSA) is 0 Å². The van der Waals surface area contributed by atoms with E-state index >= 15 is 0 Å². The molecule has 0 nitrogen and oxygen atoms in total. The zero-order chi connectivity index (χ0) is 21.1. The second kappa shape index (κ2) is 8.35. The van der Waals surface area contributed by atoms with Crippen molar-refractivity contribution in [3.63, 3.8) is 0 Å². The van der Waals surface area contributed by atoms with Crippen LogP contribution in [0.25, 0.3) is 16.7 Å². The van der Waals surface area contributed by atoms with Crippen LogP contribution in [-0.2, 0) is 10.8 Å². The predicted molar refractivity (Wildman–Crippen MR) is 127 cm³/mol. The summed E-state index contributed by atoms with van der Waals surface area (Å²) >= 11 is 0. The van der Waals surface area contributed by atoms with Crippen molar-refractivity contribution in [2.75, 3.05) is 0 Å². The third kappa shape index (κ3) is 5.58. The molecule has 0 atom stereocenters. The Balaban J connectivity index is 2.67. The van der Waals surface area contributed by atoms with Crippen LogP contribution in [0.3, 0.4) is 0 Å². The van der Waals surface area contributed by atoms with Crippen LogP contribution in [0, 0.1) is 0 Å². The van der Waals surface area contributed by atoms with E-state index in [4.69, 9.17) is 0 Å². The number of rotatable bonds is 4. The molecule has 28 heavy (non-hydrogen) atoms. The van der Waals surface area contributed by atoms with E-state index in [0.717, 1.165) is 5.57 Å². The van der Waals surface area contributed by atoms with Crippen LogP contribution in [0.2, 0.25) is 0 Å². The third-order valence-corrected chi connectivity index (χ3v) is 4.94. The van der Waals surface area contributed by atoms with Gasteiger partial charge in [0.2, 0.25) is 0 Å². The van der Waals surface area contributed by atoms with E-state index < -0.39 is 0 Å². The zero-order valence-corrected chi connectivity index (χ0v) is 19.0. The van der Waals surface area contributed by atoms with Crippen LogP contribution in [0.15, 0.2) is 72.8 Å². The van der Waals surface area contributed by atoms with E-state index in [9.17, 15) is 0 Å². The lowest BCUT2D eigenvalue weighted by Crippen LogP contribution is -2.16. The maximum atomic E-state index is 4.05. The molecule has 0 saturated carbocycles. The maximum absolute atomic E-state index is 4.05. The Morgan fingerprint density at radius 2 is 1.39 bits per heavy atom. The molecule has 0 saturated heterocycles. The molecule has 0 spiro atoms. The fraction of sp³-hybridized carbons (Fsp3) is 0.357. The molecule has 0 bridgehead atoms. The Kier molecular flexibility index (Phi) is 6.55. The first-order chi connectivity index (χ1) is 12.9. The molecular weight excluding hydrogens is 336 g/mol. The number of allylic oxidation sites excluding steroid dienone is 5. The van der Waals surface area contributed by atoms with Crippen molar-refractivity contribution in [1.82, 2.24) is 0 Å². The Labute approximate surface area is 172 Å². The van der Waals surface area contributed by atoms with E-state index in [0.29, 0.717) is 0 Å². The molecule has 0 heteroatoms. The Morgan fingerprint density at radius 3 is 1.86 bits per heavy atom. The van der Waals surface area contributed by atoms with Crippen LogP contribution < -0.4 is 0 Å². The quantitative estimate of drug-likeness (QED) is 0.472. The fourth-order valence-electron chi connectivity index (χ4n) is 3.21. The highest BCUT2D eigenvalue weighted by atomic mass is 14.3. The molecule has 2 aromatic rings. The first-order valence-electron chi connectivity index (χ1n) is 10.2. The van der Waals surface area contributed by atoms with Gasteiger partial charge in [0.05, 0.1) is 0 Å². The monoisotopic (exact) mass is 372 g/mol. The van der Waals surface area contributed by atoms with Gasteiger partial charge in [-0.05, 0) is 64.1 Å². The molecule has 0 unspecified atom stereocenters. The highest BCUT2D eigenvalue weighted by Crippen LogP contribution is 2.34. The average Bonchev–Trinajstić information content (AvgIpc) is 2.59. The van der Waals surface area contributed by atoms with E-state index in [1.165, 1.54) is 33.4 Å². The van der Waals surface area contributed by atoms with Gasteiger partial charge in [0.15, 0.2) is 0 Å². The van der Waals surface area contributed by atoms with Crippen LogP contribution in [-0.4, -0.2) is 0 Å². The van der Waals surface area contributed by atoms with Crippen molar-refractivity contribution in [2.24, 2.45) is 0 Å². The first kappa shape index (κ1) is 22.0. The summed E-state index contributed by atoms with van der Waals surface area (Å²) < 4.78 is 0. The minimum absolute atomic E-state index is 0.115. The molecule has 0 amide bonds. The molecule has 0 aromatic heterocycles. The van der Waals surface area contributed by atoms with Crippen molar-refractivity contribution in [1.29, 1.82) is 0 Å². The third-order valence-electron chi connectivity index (χ3n) is 4.94. The van der Waals surface area contributed by atoms with Crippen molar-refractivity contribution in [3.05, 3.63) is 89.5 Å². The zero-order valence-electron chi connectivity index (χ0n) is 19.0. The van der Waals surface area contributed by atoms with Gasteiger partial charge in [-0.25, -0.2) is 0 Å². The molecule has 0 aliphatic rings. The number of benzene rings is 2. The van der Waals surface area contributed by atoms with Gasteiger partial charge < -0.3 is 0 Å². The predicted octanol–water partition coefficient (Wildman–Crippen LogP) is 8.48. The van der Waals surface area contributed by atoms with Crippen LogP contribution in [0.1, 0.15) is 72.1 Å². The molecule has 2 rings (SSSR count). The molecule has 0 heterocycles. The van der Waals surface area contributed by atoms with Gasteiger partial charge in [0.1, 0.15) is 0 Å². The summed E-state index contributed by atoms with van der Waals surface area (Å²) in [5.74, 6) is 0.